The van der Waals surface area contributed by atoms with Gasteiger partial charge in [-0.3, -0.25) is 4.90 Å². The Morgan fingerprint density at radius 1 is 1.05 bits per heavy atom. The van der Waals surface area contributed by atoms with Crippen LogP contribution in [0.15, 0.2) is 18.2 Å². The van der Waals surface area contributed by atoms with Crippen LogP contribution in [0.25, 0.3) is 0 Å². The Morgan fingerprint density at radius 2 is 1.64 bits per heavy atom. The molecule has 1 atom stereocenters. The molecule has 0 saturated carbocycles. The molecule has 9 heteroatoms. The smallest absolute Gasteiger partial charge is 0.314 e. The normalized spacial score (nSPS) is 19.2. The summed E-state index contributed by atoms with van der Waals surface area (Å²) in [7, 11) is 0. The van der Waals surface area contributed by atoms with Crippen LogP contribution in [0.5, 0.6) is 0 Å². The molecular weight excluding hydrogens is 334 g/mol. The minimum absolute atomic E-state index is 0.105. The first-order valence-electron chi connectivity index (χ1n) is 6.49. The molecule has 1 aliphatic heterocycles. The van der Waals surface area contributed by atoms with Gasteiger partial charge in [0.15, 0.2) is 0 Å². The average Bonchev–Trinajstić information content (AvgIpc) is 2.39. The molecule has 1 heterocycles. The summed E-state index contributed by atoms with van der Waals surface area (Å²) in [6, 6.07) is 0.272. The number of hydrogen-bond acceptors (Lipinski definition) is 2. The molecule has 1 aromatic rings. The largest absolute Gasteiger partial charge is 0.417 e. The molecule has 0 spiro atoms. The SMILES string of the molecule is FC(F)(F)c1cc([C@@H](N2CCNCC2)C(F)(F)F)ccc1Cl. The van der Waals surface area contributed by atoms with E-state index >= 15 is 0 Å². The Balaban J connectivity index is 2.44. The van der Waals surface area contributed by atoms with Gasteiger partial charge in [0.2, 0.25) is 0 Å². The first-order chi connectivity index (χ1) is 10.1. The van der Waals surface area contributed by atoms with Crippen molar-refractivity contribution in [1.29, 1.82) is 0 Å². The van der Waals surface area contributed by atoms with Gasteiger partial charge in [0.05, 0.1) is 10.6 Å². The van der Waals surface area contributed by atoms with E-state index < -0.39 is 34.5 Å². The van der Waals surface area contributed by atoms with Crippen molar-refractivity contribution in [1.82, 2.24) is 10.2 Å². The van der Waals surface area contributed by atoms with E-state index in [0.29, 0.717) is 19.2 Å². The number of rotatable bonds is 2. The predicted molar refractivity (Wildman–Crippen MR) is 69.7 cm³/mol. The summed E-state index contributed by atoms with van der Waals surface area (Å²) in [6.45, 7) is 0.918. The standard InChI is InChI=1S/C13H13ClF6N2/c14-10-2-1-8(7-9(10)12(15,16)17)11(13(18,19)20)22-5-3-21-4-6-22/h1-2,7,11,21H,3-6H2/t11-/m1/s1. The van der Waals surface area contributed by atoms with Crippen LogP contribution < -0.4 is 5.32 Å². The zero-order valence-corrected chi connectivity index (χ0v) is 12.0. The molecule has 1 fully saturated rings. The van der Waals surface area contributed by atoms with Gasteiger partial charge in [-0.2, -0.15) is 26.3 Å². The van der Waals surface area contributed by atoms with Crippen molar-refractivity contribution in [3.05, 3.63) is 34.3 Å². The van der Waals surface area contributed by atoms with Crippen LogP contribution in [0, 0.1) is 0 Å². The molecule has 1 saturated heterocycles. The second kappa shape index (κ2) is 6.25. The molecule has 1 N–H and O–H groups in total. The third-order valence-electron chi connectivity index (χ3n) is 3.44. The van der Waals surface area contributed by atoms with E-state index in [9.17, 15) is 26.3 Å². The van der Waals surface area contributed by atoms with Gasteiger partial charge in [-0.25, -0.2) is 0 Å². The number of nitrogens with one attached hydrogen (secondary N) is 1. The lowest BCUT2D eigenvalue weighted by Gasteiger charge is -2.36. The summed E-state index contributed by atoms with van der Waals surface area (Å²) >= 11 is 5.46. The Morgan fingerprint density at radius 3 is 2.14 bits per heavy atom. The van der Waals surface area contributed by atoms with Crippen molar-refractivity contribution >= 4 is 11.6 Å². The number of nitrogens with zero attached hydrogens (tertiary/aromatic N) is 1. The maximum atomic E-state index is 13.3. The number of piperazine rings is 1. The topological polar surface area (TPSA) is 15.3 Å². The van der Waals surface area contributed by atoms with Gasteiger partial charge in [0.25, 0.3) is 0 Å². The van der Waals surface area contributed by atoms with Gasteiger partial charge in [-0.05, 0) is 17.7 Å². The highest BCUT2D eigenvalue weighted by molar-refractivity contribution is 6.31. The number of benzene rings is 1. The summed E-state index contributed by atoms with van der Waals surface area (Å²) < 4.78 is 78.6. The molecular formula is C13H13ClF6N2. The van der Waals surface area contributed by atoms with Crippen LogP contribution >= 0.6 is 11.6 Å². The Hall–Kier alpha value is -0.990. The highest BCUT2D eigenvalue weighted by atomic mass is 35.5. The number of hydrogen-bond donors (Lipinski definition) is 1. The van der Waals surface area contributed by atoms with Gasteiger partial charge in [0.1, 0.15) is 6.04 Å². The fourth-order valence-electron chi connectivity index (χ4n) is 2.48. The molecule has 0 bridgehead atoms. The van der Waals surface area contributed by atoms with E-state index in [1.54, 1.807) is 0 Å². The second-order valence-electron chi connectivity index (χ2n) is 4.97. The predicted octanol–water partition coefficient (Wildman–Crippen LogP) is 3.87. The lowest BCUT2D eigenvalue weighted by Crippen LogP contribution is -2.49. The first kappa shape index (κ1) is 17.4. The second-order valence-corrected chi connectivity index (χ2v) is 5.37. The van der Waals surface area contributed by atoms with Crippen LogP contribution in [0.1, 0.15) is 17.2 Å². The fraction of sp³-hybridized carbons (Fsp3) is 0.538. The van der Waals surface area contributed by atoms with Gasteiger partial charge >= 0.3 is 12.4 Å². The van der Waals surface area contributed by atoms with E-state index in [-0.39, 0.29) is 13.1 Å². The lowest BCUT2D eigenvalue weighted by molar-refractivity contribution is -0.188. The highest BCUT2D eigenvalue weighted by Gasteiger charge is 2.46. The quantitative estimate of drug-likeness (QED) is 0.818. The van der Waals surface area contributed by atoms with Crippen molar-refractivity contribution in [3.8, 4) is 0 Å². The molecule has 2 nitrogen and oxygen atoms in total. The van der Waals surface area contributed by atoms with Crippen molar-refractivity contribution in [3.63, 3.8) is 0 Å². The van der Waals surface area contributed by atoms with Gasteiger partial charge in [-0.15, -0.1) is 0 Å². The Kier molecular flexibility index (Phi) is 4.93. The van der Waals surface area contributed by atoms with E-state index in [1.807, 2.05) is 0 Å². The summed E-state index contributed by atoms with van der Waals surface area (Å²) in [6.07, 6.45) is -9.47. The summed E-state index contributed by atoms with van der Waals surface area (Å²) in [5.74, 6) is 0. The van der Waals surface area contributed by atoms with Gasteiger partial charge < -0.3 is 5.32 Å². The van der Waals surface area contributed by atoms with E-state index in [4.69, 9.17) is 11.6 Å². The third kappa shape index (κ3) is 3.85. The van der Waals surface area contributed by atoms with Gasteiger partial charge in [0, 0.05) is 26.2 Å². The zero-order chi connectivity index (χ0) is 16.5. The van der Waals surface area contributed by atoms with E-state index in [2.05, 4.69) is 5.32 Å². The molecule has 0 amide bonds. The van der Waals surface area contributed by atoms with Crippen molar-refractivity contribution in [2.45, 2.75) is 18.4 Å². The summed E-state index contributed by atoms with van der Waals surface area (Å²) in [4.78, 5) is 1.12. The molecule has 124 valence electrons. The molecule has 0 unspecified atom stereocenters. The third-order valence-corrected chi connectivity index (χ3v) is 3.77. The minimum Gasteiger partial charge on any atom is -0.314 e. The molecule has 0 radical (unpaired) electrons. The molecule has 1 aliphatic rings. The summed E-state index contributed by atoms with van der Waals surface area (Å²) in [5, 5.41) is 2.29. The first-order valence-corrected chi connectivity index (χ1v) is 6.86. The molecule has 0 aromatic heterocycles. The van der Waals surface area contributed by atoms with Crippen molar-refractivity contribution < 1.29 is 26.3 Å². The van der Waals surface area contributed by atoms with Crippen LogP contribution in [-0.2, 0) is 6.18 Å². The minimum atomic E-state index is -4.80. The van der Waals surface area contributed by atoms with Crippen molar-refractivity contribution in [2.75, 3.05) is 26.2 Å². The molecule has 0 aliphatic carbocycles. The van der Waals surface area contributed by atoms with E-state index in [1.165, 1.54) is 0 Å². The van der Waals surface area contributed by atoms with Crippen LogP contribution in [-0.4, -0.2) is 37.3 Å². The molecule has 2 rings (SSSR count). The maximum absolute atomic E-state index is 13.3. The summed E-state index contributed by atoms with van der Waals surface area (Å²) in [5.41, 5.74) is -1.71. The average molecular weight is 347 g/mol. The Labute approximate surface area is 128 Å². The number of halogens is 7. The number of alkyl halides is 6. The molecule has 22 heavy (non-hydrogen) atoms. The zero-order valence-electron chi connectivity index (χ0n) is 11.2. The van der Waals surface area contributed by atoms with E-state index in [0.717, 1.165) is 17.0 Å². The van der Waals surface area contributed by atoms with Crippen LogP contribution in [0.2, 0.25) is 5.02 Å². The maximum Gasteiger partial charge on any atom is 0.417 e. The van der Waals surface area contributed by atoms with Crippen LogP contribution in [0.4, 0.5) is 26.3 Å². The highest BCUT2D eigenvalue weighted by Crippen LogP contribution is 2.41. The van der Waals surface area contributed by atoms with Crippen LogP contribution in [0.3, 0.4) is 0 Å². The van der Waals surface area contributed by atoms with Gasteiger partial charge in [-0.1, -0.05) is 17.7 Å². The Bertz CT molecular complexity index is 522. The monoisotopic (exact) mass is 346 g/mol. The lowest BCUT2D eigenvalue weighted by atomic mass is 10.0. The fourth-order valence-corrected chi connectivity index (χ4v) is 2.70. The molecule has 1 aromatic carbocycles. The van der Waals surface area contributed by atoms with Crippen molar-refractivity contribution in [2.24, 2.45) is 0 Å².